The fraction of sp³-hybridized carbons (Fsp3) is 0.500. The van der Waals surface area contributed by atoms with Gasteiger partial charge in [0.25, 0.3) is 0 Å². The van der Waals surface area contributed by atoms with Crippen LogP contribution in [0.15, 0.2) is 24.5 Å². The molecule has 4 amide bonds. The molecule has 1 N–H and O–H groups in total. The van der Waals surface area contributed by atoms with Crippen LogP contribution in [0.4, 0.5) is 15.4 Å². The van der Waals surface area contributed by atoms with Crippen LogP contribution in [0.3, 0.4) is 0 Å². The predicted octanol–water partition coefficient (Wildman–Crippen LogP) is 2.07. The summed E-state index contributed by atoms with van der Waals surface area (Å²) in [5.74, 6) is 6.75. The van der Waals surface area contributed by atoms with Gasteiger partial charge in [-0.2, -0.15) is 0 Å². The summed E-state index contributed by atoms with van der Waals surface area (Å²) in [6.45, 7) is 9.63. The van der Waals surface area contributed by atoms with Gasteiger partial charge in [0, 0.05) is 58.3 Å². The number of aromatic nitrogens is 2. The molecular formula is C24H30N6O4. The first-order chi connectivity index (χ1) is 16.2. The molecule has 0 radical (unpaired) electrons. The summed E-state index contributed by atoms with van der Waals surface area (Å²) in [7, 11) is 0. The van der Waals surface area contributed by atoms with Crippen LogP contribution in [0.2, 0.25) is 0 Å². The van der Waals surface area contributed by atoms with E-state index in [1.165, 1.54) is 4.90 Å². The number of imide groups is 1. The lowest BCUT2D eigenvalue weighted by Crippen LogP contribution is -2.50. The highest BCUT2D eigenvalue weighted by Crippen LogP contribution is 2.21. The molecule has 180 valence electrons. The second-order valence-electron chi connectivity index (χ2n) is 9.35. The van der Waals surface area contributed by atoms with E-state index in [1.807, 2.05) is 43.5 Å². The number of piperazine rings is 1. The number of ether oxygens (including phenoxy) is 1. The van der Waals surface area contributed by atoms with Crippen molar-refractivity contribution in [3.05, 3.63) is 30.1 Å². The maximum absolute atomic E-state index is 12.2. The largest absolute Gasteiger partial charge is 0.444 e. The molecule has 10 nitrogen and oxygen atoms in total. The Balaban J connectivity index is 1.33. The first-order valence-corrected chi connectivity index (χ1v) is 11.5. The van der Waals surface area contributed by atoms with E-state index < -0.39 is 11.6 Å². The number of fused-ring (bicyclic) bond motifs is 1. The van der Waals surface area contributed by atoms with Crippen molar-refractivity contribution < 1.29 is 19.1 Å². The number of carbonyl (C=O) groups excluding carboxylic acids is 3. The number of amides is 4. The summed E-state index contributed by atoms with van der Waals surface area (Å²) >= 11 is 0. The van der Waals surface area contributed by atoms with Gasteiger partial charge in [0.05, 0.1) is 11.8 Å². The molecular weight excluding hydrogens is 436 g/mol. The monoisotopic (exact) mass is 466 g/mol. The molecule has 10 heteroatoms. The van der Waals surface area contributed by atoms with Gasteiger partial charge < -0.3 is 9.64 Å². The van der Waals surface area contributed by atoms with Gasteiger partial charge in [-0.05, 0) is 32.9 Å². The van der Waals surface area contributed by atoms with Crippen molar-refractivity contribution in [2.45, 2.75) is 39.2 Å². The van der Waals surface area contributed by atoms with E-state index in [1.54, 1.807) is 11.1 Å². The second kappa shape index (κ2) is 9.73. The van der Waals surface area contributed by atoms with Crippen LogP contribution in [0.25, 0.3) is 5.65 Å². The molecule has 0 saturated carbocycles. The van der Waals surface area contributed by atoms with Crippen molar-refractivity contribution >= 4 is 29.5 Å². The molecule has 2 aromatic heterocycles. The van der Waals surface area contributed by atoms with Gasteiger partial charge in [0.15, 0.2) is 5.65 Å². The van der Waals surface area contributed by atoms with E-state index in [0.717, 1.165) is 25.2 Å². The minimum absolute atomic E-state index is 0.254. The molecule has 2 fully saturated rings. The smallest absolute Gasteiger partial charge is 0.410 e. The molecule has 2 aliphatic heterocycles. The van der Waals surface area contributed by atoms with Crippen LogP contribution in [0.1, 0.15) is 39.2 Å². The van der Waals surface area contributed by atoms with Crippen LogP contribution < -0.4 is 10.2 Å². The van der Waals surface area contributed by atoms with Crippen molar-refractivity contribution in [2.75, 3.05) is 44.2 Å². The minimum atomic E-state index is -0.485. The Morgan fingerprint density at radius 3 is 2.65 bits per heavy atom. The summed E-state index contributed by atoms with van der Waals surface area (Å²) < 4.78 is 7.26. The third-order valence-electron chi connectivity index (χ3n) is 5.65. The average molecular weight is 467 g/mol. The number of anilines is 1. The molecule has 0 bridgehead atoms. The first-order valence-electron chi connectivity index (χ1n) is 11.5. The molecule has 0 spiro atoms. The molecule has 34 heavy (non-hydrogen) atoms. The molecule has 2 aromatic rings. The lowest BCUT2D eigenvalue weighted by Gasteiger charge is -2.35. The summed E-state index contributed by atoms with van der Waals surface area (Å²) in [4.78, 5) is 45.8. The fourth-order valence-corrected chi connectivity index (χ4v) is 3.93. The van der Waals surface area contributed by atoms with Crippen LogP contribution in [-0.4, -0.2) is 82.1 Å². The van der Waals surface area contributed by atoms with E-state index >= 15 is 0 Å². The number of urea groups is 1. The Labute approximate surface area is 198 Å². The summed E-state index contributed by atoms with van der Waals surface area (Å²) in [5.41, 5.74) is 0.958. The second-order valence-corrected chi connectivity index (χ2v) is 9.35. The number of nitrogens with zero attached hydrogens (tertiary/aromatic N) is 5. The zero-order chi connectivity index (χ0) is 24.3. The van der Waals surface area contributed by atoms with E-state index in [9.17, 15) is 14.4 Å². The van der Waals surface area contributed by atoms with Crippen LogP contribution in [-0.2, 0) is 9.53 Å². The Hall–Kier alpha value is -3.58. The van der Waals surface area contributed by atoms with E-state index in [0.29, 0.717) is 37.5 Å². The maximum atomic E-state index is 12.2. The number of hydrogen-bond donors (Lipinski definition) is 1. The van der Waals surface area contributed by atoms with Gasteiger partial charge >= 0.3 is 12.1 Å². The van der Waals surface area contributed by atoms with Gasteiger partial charge in [-0.3, -0.25) is 24.3 Å². The van der Waals surface area contributed by atoms with Crippen LogP contribution >= 0.6 is 0 Å². The van der Waals surface area contributed by atoms with Crippen molar-refractivity contribution in [1.29, 1.82) is 0 Å². The highest BCUT2D eigenvalue weighted by Gasteiger charge is 2.27. The van der Waals surface area contributed by atoms with Gasteiger partial charge in [-0.1, -0.05) is 11.8 Å². The van der Waals surface area contributed by atoms with Gasteiger partial charge in [-0.15, -0.1) is 0 Å². The molecule has 4 heterocycles. The summed E-state index contributed by atoms with van der Waals surface area (Å²) in [6, 6.07) is 3.32. The number of carbonyl (C=O) groups is 3. The van der Waals surface area contributed by atoms with Gasteiger partial charge in [-0.25, -0.2) is 14.6 Å². The third-order valence-corrected chi connectivity index (χ3v) is 5.65. The van der Waals surface area contributed by atoms with Gasteiger partial charge in [0.2, 0.25) is 5.91 Å². The lowest BCUT2D eigenvalue weighted by atomic mass is 10.2. The van der Waals surface area contributed by atoms with Gasteiger partial charge in [0.1, 0.15) is 11.4 Å². The highest BCUT2D eigenvalue weighted by atomic mass is 16.6. The number of hydrogen-bond acceptors (Lipinski definition) is 6. The number of rotatable bonds is 3. The van der Waals surface area contributed by atoms with Crippen LogP contribution in [0, 0.1) is 11.8 Å². The normalized spacial score (nSPS) is 17.4. The Kier molecular flexibility index (Phi) is 6.75. The molecule has 4 rings (SSSR count). The number of pyridine rings is 1. The molecule has 2 saturated heterocycles. The SMILES string of the molecule is CC(C)(C)OC(=O)N1CCN(CCC#Cc2cccn3c(N4CCC(=O)NC4=O)cnc23)CC1. The highest BCUT2D eigenvalue weighted by molar-refractivity contribution is 6.05. The Morgan fingerprint density at radius 2 is 1.94 bits per heavy atom. The van der Waals surface area contributed by atoms with Crippen LogP contribution in [0.5, 0.6) is 0 Å². The van der Waals surface area contributed by atoms with Crippen molar-refractivity contribution in [3.63, 3.8) is 0 Å². The third kappa shape index (κ3) is 5.48. The predicted molar refractivity (Wildman–Crippen MR) is 126 cm³/mol. The number of nitrogens with one attached hydrogen (secondary N) is 1. The van der Waals surface area contributed by atoms with E-state index in [-0.39, 0.29) is 18.4 Å². The Morgan fingerprint density at radius 1 is 1.18 bits per heavy atom. The summed E-state index contributed by atoms with van der Waals surface area (Å²) in [6.07, 6.45) is 4.15. The molecule has 0 atom stereocenters. The zero-order valence-corrected chi connectivity index (χ0v) is 19.8. The minimum Gasteiger partial charge on any atom is -0.444 e. The maximum Gasteiger partial charge on any atom is 0.410 e. The molecule has 0 unspecified atom stereocenters. The average Bonchev–Trinajstić information content (AvgIpc) is 3.21. The standard InChI is InChI=1S/C24H30N6O4/c1-24(2,3)34-23(33)28-15-13-27(14-16-28)10-5-4-7-18-8-6-11-29-20(17-25-21(18)29)30-12-9-19(31)26-22(30)32/h6,8,11,17H,5,9-10,12-16H2,1-3H3,(H,26,31,32). The topological polar surface area (TPSA) is 99.5 Å². The summed E-state index contributed by atoms with van der Waals surface area (Å²) in [5, 5.41) is 2.33. The van der Waals surface area contributed by atoms with E-state index in [2.05, 4.69) is 27.0 Å². The zero-order valence-electron chi connectivity index (χ0n) is 19.8. The Bertz CT molecular complexity index is 1150. The van der Waals surface area contributed by atoms with Crippen molar-refractivity contribution in [2.24, 2.45) is 0 Å². The number of imidazole rings is 1. The fourth-order valence-electron chi connectivity index (χ4n) is 3.93. The molecule has 2 aliphatic rings. The molecule has 0 aromatic carbocycles. The van der Waals surface area contributed by atoms with Crippen molar-refractivity contribution in [1.82, 2.24) is 24.5 Å². The molecule has 0 aliphatic carbocycles. The van der Waals surface area contributed by atoms with E-state index in [4.69, 9.17) is 4.74 Å². The van der Waals surface area contributed by atoms with Crippen molar-refractivity contribution in [3.8, 4) is 11.8 Å². The quantitative estimate of drug-likeness (QED) is 0.696. The lowest BCUT2D eigenvalue weighted by molar-refractivity contribution is -0.120. The first kappa shape index (κ1) is 23.6.